The number of halogens is 2. The fraction of sp³-hybridized carbons (Fsp3) is 0.222. The molecule has 1 aromatic carbocycles. The lowest BCUT2D eigenvalue weighted by atomic mass is 10.3. The molecule has 5 heteroatoms. The van der Waals surface area contributed by atoms with E-state index in [9.17, 15) is 4.39 Å². The molecule has 0 fully saturated rings. The first kappa shape index (κ1) is 11.0. The molecule has 1 aromatic rings. The first-order valence-electron chi connectivity index (χ1n) is 4.00. The molecule has 0 aliphatic carbocycles. The number of ether oxygens (including phenoxy) is 1. The van der Waals surface area contributed by atoms with Crippen LogP contribution in [0.5, 0.6) is 5.75 Å². The van der Waals surface area contributed by atoms with E-state index in [0.717, 1.165) is 0 Å². The zero-order chi connectivity index (χ0) is 10.6. The lowest BCUT2D eigenvalue weighted by Gasteiger charge is -2.05. The molecule has 0 aliphatic rings. The molecule has 0 heterocycles. The molecule has 0 spiro atoms. The van der Waals surface area contributed by atoms with Crippen LogP contribution in [0, 0.1) is 11.2 Å². The molecule has 0 radical (unpaired) electrons. The van der Waals surface area contributed by atoms with E-state index in [-0.39, 0.29) is 18.3 Å². The Morgan fingerprint density at radius 2 is 2.21 bits per heavy atom. The standard InChI is InChI=1S/C9H10BrFN2O/c10-6-3-7(11)5-8(4-6)14-2-1-9(12)13/h3-5H,1-2H2,(H3,12,13). The number of hydrogen-bond acceptors (Lipinski definition) is 2. The van der Waals surface area contributed by atoms with E-state index in [1.165, 1.54) is 12.1 Å². The van der Waals surface area contributed by atoms with Crippen LogP contribution in [0.25, 0.3) is 0 Å². The summed E-state index contributed by atoms with van der Waals surface area (Å²) >= 11 is 3.15. The second kappa shape index (κ2) is 4.95. The maximum absolute atomic E-state index is 12.8. The third-order valence-electron chi connectivity index (χ3n) is 1.48. The third kappa shape index (κ3) is 3.74. The van der Waals surface area contributed by atoms with Gasteiger partial charge in [-0.25, -0.2) is 4.39 Å². The number of benzene rings is 1. The number of nitrogens with one attached hydrogen (secondary N) is 1. The van der Waals surface area contributed by atoms with Gasteiger partial charge in [-0.1, -0.05) is 15.9 Å². The highest BCUT2D eigenvalue weighted by Crippen LogP contribution is 2.20. The van der Waals surface area contributed by atoms with Gasteiger partial charge >= 0.3 is 0 Å². The SMILES string of the molecule is N=C(N)CCOc1cc(F)cc(Br)c1. The molecule has 0 aromatic heterocycles. The minimum Gasteiger partial charge on any atom is -0.493 e. The summed E-state index contributed by atoms with van der Waals surface area (Å²) in [6.07, 6.45) is 0.341. The third-order valence-corrected chi connectivity index (χ3v) is 1.93. The normalized spacial score (nSPS) is 9.86. The molecule has 1 rings (SSSR count). The van der Waals surface area contributed by atoms with Crippen molar-refractivity contribution in [1.29, 1.82) is 5.41 Å². The predicted octanol–water partition coefficient (Wildman–Crippen LogP) is 2.29. The Bertz CT molecular complexity index is 323. The quantitative estimate of drug-likeness (QED) is 0.645. The lowest BCUT2D eigenvalue weighted by Crippen LogP contribution is -2.13. The van der Waals surface area contributed by atoms with E-state index in [1.807, 2.05) is 0 Å². The Labute approximate surface area is 89.7 Å². The average molecular weight is 261 g/mol. The van der Waals surface area contributed by atoms with Crippen LogP contribution in [0.3, 0.4) is 0 Å². The van der Waals surface area contributed by atoms with Crippen molar-refractivity contribution >= 4 is 21.8 Å². The molecule has 0 unspecified atom stereocenters. The lowest BCUT2D eigenvalue weighted by molar-refractivity contribution is 0.326. The van der Waals surface area contributed by atoms with Crippen LogP contribution in [0.1, 0.15) is 6.42 Å². The summed E-state index contributed by atoms with van der Waals surface area (Å²) in [6.45, 7) is 0.283. The van der Waals surface area contributed by atoms with Crippen molar-refractivity contribution < 1.29 is 9.13 Å². The van der Waals surface area contributed by atoms with Crippen molar-refractivity contribution in [3.63, 3.8) is 0 Å². The van der Waals surface area contributed by atoms with Crippen molar-refractivity contribution in [1.82, 2.24) is 0 Å². The Hall–Kier alpha value is -1.10. The number of nitrogens with two attached hydrogens (primary N) is 1. The van der Waals surface area contributed by atoms with Crippen molar-refractivity contribution in [2.75, 3.05) is 6.61 Å². The van der Waals surface area contributed by atoms with Gasteiger partial charge in [0.25, 0.3) is 0 Å². The average Bonchev–Trinajstić information content (AvgIpc) is 2.01. The van der Waals surface area contributed by atoms with Gasteiger partial charge in [-0.05, 0) is 12.1 Å². The summed E-state index contributed by atoms with van der Waals surface area (Å²) in [5.41, 5.74) is 5.14. The van der Waals surface area contributed by atoms with E-state index in [0.29, 0.717) is 16.6 Å². The highest BCUT2D eigenvalue weighted by Gasteiger charge is 2.00. The van der Waals surface area contributed by atoms with Gasteiger partial charge in [0, 0.05) is 17.0 Å². The molecule has 0 saturated carbocycles. The molecule has 76 valence electrons. The zero-order valence-corrected chi connectivity index (χ0v) is 8.97. The Morgan fingerprint density at radius 1 is 1.50 bits per heavy atom. The minimum absolute atomic E-state index is 0.0560. The van der Waals surface area contributed by atoms with Crippen molar-refractivity contribution in [3.05, 3.63) is 28.5 Å². The van der Waals surface area contributed by atoms with Gasteiger partial charge in [0.05, 0.1) is 12.4 Å². The second-order valence-corrected chi connectivity index (χ2v) is 3.64. The summed E-state index contributed by atoms with van der Waals surface area (Å²) in [5.74, 6) is 0.121. The summed E-state index contributed by atoms with van der Waals surface area (Å²) in [6, 6.07) is 4.28. The van der Waals surface area contributed by atoms with Crippen LogP contribution in [0.15, 0.2) is 22.7 Å². The van der Waals surface area contributed by atoms with E-state index in [2.05, 4.69) is 15.9 Å². The van der Waals surface area contributed by atoms with Crippen LogP contribution in [-0.4, -0.2) is 12.4 Å². The van der Waals surface area contributed by atoms with Crippen LogP contribution < -0.4 is 10.5 Å². The first-order chi connectivity index (χ1) is 6.58. The zero-order valence-electron chi connectivity index (χ0n) is 7.39. The van der Waals surface area contributed by atoms with E-state index in [1.54, 1.807) is 6.07 Å². The van der Waals surface area contributed by atoms with Crippen LogP contribution in [-0.2, 0) is 0 Å². The summed E-state index contributed by atoms with van der Waals surface area (Å²) in [5, 5.41) is 6.96. The summed E-state index contributed by atoms with van der Waals surface area (Å²) in [4.78, 5) is 0. The molecule has 0 atom stereocenters. The van der Waals surface area contributed by atoms with Crippen molar-refractivity contribution in [2.45, 2.75) is 6.42 Å². The topological polar surface area (TPSA) is 59.1 Å². The number of amidine groups is 1. The van der Waals surface area contributed by atoms with Crippen LogP contribution in [0.4, 0.5) is 4.39 Å². The number of rotatable bonds is 4. The molecule has 0 bridgehead atoms. The van der Waals surface area contributed by atoms with Gasteiger partial charge in [-0.15, -0.1) is 0 Å². The highest BCUT2D eigenvalue weighted by molar-refractivity contribution is 9.10. The smallest absolute Gasteiger partial charge is 0.128 e. The van der Waals surface area contributed by atoms with Gasteiger partial charge in [0.1, 0.15) is 11.6 Å². The van der Waals surface area contributed by atoms with Gasteiger partial charge in [0.15, 0.2) is 0 Å². The van der Waals surface area contributed by atoms with Gasteiger partial charge in [0.2, 0.25) is 0 Å². The molecule has 3 N–H and O–H groups in total. The molecule has 3 nitrogen and oxygen atoms in total. The Morgan fingerprint density at radius 3 is 2.79 bits per heavy atom. The van der Waals surface area contributed by atoms with Crippen molar-refractivity contribution in [2.24, 2.45) is 5.73 Å². The molecular formula is C9H10BrFN2O. The van der Waals surface area contributed by atoms with Crippen LogP contribution in [0.2, 0.25) is 0 Å². The van der Waals surface area contributed by atoms with Gasteiger partial charge in [-0.3, -0.25) is 5.41 Å². The summed E-state index contributed by atoms with van der Waals surface area (Å²) in [7, 11) is 0. The molecule has 0 amide bonds. The number of hydrogen-bond donors (Lipinski definition) is 2. The molecule has 0 aliphatic heterocycles. The summed E-state index contributed by atoms with van der Waals surface area (Å²) < 4.78 is 18.6. The van der Waals surface area contributed by atoms with Crippen LogP contribution >= 0.6 is 15.9 Å². The monoisotopic (exact) mass is 260 g/mol. The molecule has 14 heavy (non-hydrogen) atoms. The van der Waals surface area contributed by atoms with E-state index >= 15 is 0 Å². The fourth-order valence-corrected chi connectivity index (χ4v) is 1.34. The highest BCUT2D eigenvalue weighted by atomic mass is 79.9. The first-order valence-corrected chi connectivity index (χ1v) is 4.79. The minimum atomic E-state index is -0.364. The maximum atomic E-state index is 12.8. The Kier molecular flexibility index (Phi) is 3.88. The molecule has 0 saturated heterocycles. The largest absolute Gasteiger partial charge is 0.493 e. The predicted molar refractivity (Wildman–Crippen MR) is 56.1 cm³/mol. The van der Waals surface area contributed by atoms with E-state index in [4.69, 9.17) is 15.9 Å². The van der Waals surface area contributed by atoms with Crippen molar-refractivity contribution in [3.8, 4) is 5.75 Å². The fourth-order valence-electron chi connectivity index (χ4n) is 0.891. The second-order valence-electron chi connectivity index (χ2n) is 2.73. The Balaban J connectivity index is 2.54. The van der Waals surface area contributed by atoms with Gasteiger partial charge in [-0.2, -0.15) is 0 Å². The maximum Gasteiger partial charge on any atom is 0.128 e. The van der Waals surface area contributed by atoms with Gasteiger partial charge < -0.3 is 10.5 Å². The molecular weight excluding hydrogens is 251 g/mol. The van der Waals surface area contributed by atoms with E-state index < -0.39 is 0 Å².